The van der Waals surface area contributed by atoms with Gasteiger partial charge in [-0.1, -0.05) is 12.1 Å². The summed E-state index contributed by atoms with van der Waals surface area (Å²) in [5, 5.41) is 9.59. The molecule has 0 amide bonds. The fourth-order valence-corrected chi connectivity index (χ4v) is 2.67. The van der Waals surface area contributed by atoms with Crippen LogP contribution in [0.5, 0.6) is 0 Å². The van der Waals surface area contributed by atoms with Crippen LogP contribution < -0.4 is 0 Å². The number of fused-ring (bicyclic) bond motifs is 1. The minimum absolute atomic E-state index is 0.0808. The summed E-state index contributed by atoms with van der Waals surface area (Å²) in [6, 6.07) is 6.57. The van der Waals surface area contributed by atoms with Crippen LogP contribution in [0.2, 0.25) is 0 Å². The van der Waals surface area contributed by atoms with E-state index in [4.69, 9.17) is 4.74 Å². The second-order valence-corrected chi connectivity index (χ2v) is 5.02. The number of ether oxygens (including phenoxy) is 1. The first-order chi connectivity index (χ1) is 8.70. The van der Waals surface area contributed by atoms with Crippen LogP contribution in [0.15, 0.2) is 29.3 Å². The van der Waals surface area contributed by atoms with Crippen molar-refractivity contribution in [2.45, 2.75) is 43.9 Å². The van der Waals surface area contributed by atoms with Gasteiger partial charge >= 0.3 is 0 Å². The molecule has 3 unspecified atom stereocenters. The Balaban J connectivity index is 1.69. The molecule has 0 radical (unpaired) electrons. The van der Waals surface area contributed by atoms with Gasteiger partial charge in [0.25, 0.3) is 0 Å². The summed E-state index contributed by atoms with van der Waals surface area (Å²) in [6.07, 6.45) is 2.69. The molecule has 1 aliphatic heterocycles. The molecule has 1 aromatic carbocycles. The van der Waals surface area contributed by atoms with E-state index in [1.165, 1.54) is 12.1 Å². The van der Waals surface area contributed by atoms with Gasteiger partial charge in [-0.2, -0.15) is 0 Å². The summed E-state index contributed by atoms with van der Waals surface area (Å²) in [6.45, 7) is 0. The maximum atomic E-state index is 13.1. The summed E-state index contributed by atoms with van der Waals surface area (Å²) in [5.41, 5.74) is 0.868. The summed E-state index contributed by atoms with van der Waals surface area (Å²) in [4.78, 5) is 4.50. The fourth-order valence-electron chi connectivity index (χ4n) is 2.67. The van der Waals surface area contributed by atoms with E-state index in [1.807, 2.05) is 6.07 Å². The number of halogens is 1. The number of hydrogen-bond donors (Lipinski definition) is 1. The molecule has 1 N–H and O–H groups in total. The highest BCUT2D eigenvalue weighted by molar-refractivity contribution is 5.80. The maximum absolute atomic E-state index is 13.1. The van der Waals surface area contributed by atoms with Crippen LogP contribution in [0.25, 0.3) is 0 Å². The topological polar surface area (TPSA) is 41.8 Å². The zero-order chi connectivity index (χ0) is 12.5. The van der Waals surface area contributed by atoms with Crippen molar-refractivity contribution in [2.24, 2.45) is 4.99 Å². The molecule has 1 heterocycles. The van der Waals surface area contributed by atoms with E-state index in [1.54, 1.807) is 6.07 Å². The number of aliphatic hydroxyl groups is 1. The van der Waals surface area contributed by atoms with Crippen molar-refractivity contribution in [3.63, 3.8) is 0 Å². The van der Waals surface area contributed by atoms with Gasteiger partial charge in [-0.05, 0) is 37.0 Å². The van der Waals surface area contributed by atoms with E-state index in [0.717, 1.165) is 18.4 Å². The molecular formula is C14H16FNO2. The summed E-state index contributed by atoms with van der Waals surface area (Å²) in [7, 11) is 0. The van der Waals surface area contributed by atoms with E-state index < -0.39 is 0 Å². The van der Waals surface area contributed by atoms with Crippen LogP contribution in [-0.2, 0) is 11.2 Å². The van der Waals surface area contributed by atoms with Crippen LogP contribution in [0.3, 0.4) is 0 Å². The predicted octanol–water partition coefficient (Wildman–Crippen LogP) is 2.08. The Morgan fingerprint density at radius 3 is 3.11 bits per heavy atom. The highest BCUT2D eigenvalue weighted by atomic mass is 19.1. The van der Waals surface area contributed by atoms with E-state index in [9.17, 15) is 9.50 Å². The normalized spacial score (nSPS) is 30.6. The van der Waals surface area contributed by atoms with Crippen LogP contribution in [0.1, 0.15) is 24.8 Å². The summed E-state index contributed by atoms with van der Waals surface area (Å²) < 4.78 is 18.8. The van der Waals surface area contributed by atoms with Crippen LogP contribution in [-0.4, -0.2) is 29.3 Å². The molecule has 0 bridgehead atoms. The zero-order valence-electron chi connectivity index (χ0n) is 10.1. The molecule has 0 spiro atoms. The Kier molecular flexibility index (Phi) is 3.04. The largest absolute Gasteiger partial charge is 0.475 e. The Hall–Kier alpha value is -1.42. The Bertz CT molecular complexity index is 475. The number of hydrogen-bond acceptors (Lipinski definition) is 3. The lowest BCUT2D eigenvalue weighted by molar-refractivity contribution is 0.0616. The van der Waals surface area contributed by atoms with Crippen molar-refractivity contribution in [2.75, 3.05) is 0 Å². The van der Waals surface area contributed by atoms with Gasteiger partial charge in [0.05, 0.1) is 12.1 Å². The molecule has 2 aliphatic rings. The molecule has 4 heteroatoms. The third-order valence-electron chi connectivity index (χ3n) is 3.57. The van der Waals surface area contributed by atoms with E-state index in [-0.39, 0.29) is 24.1 Å². The zero-order valence-corrected chi connectivity index (χ0v) is 10.1. The Morgan fingerprint density at radius 1 is 1.39 bits per heavy atom. The molecule has 0 saturated heterocycles. The SMILES string of the molecule is OC1CCC2OC(Cc3cccc(F)c3)=NC2C1. The minimum Gasteiger partial charge on any atom is -0.475 e. The fraction of sp³-hybridized carbons (Fsp3) is 0.500. The van der Waals surface area contributed by atoms with Crippen molar-refractivity contribution in [1.29, 1.82) is 0 Å². The van der Waals surface area contributed by atoms with E-state index in [0.29, 0.717) is 18.7 Å². The first-order valence-electron chi connectivity index (χ1n) is 6.36. The van der Waals surface area contributed by atoms with Crippen molar-refractivity contribution >= 4 is 5.90 Å². The lowest BCUT2D eigenvalue weighted by Crippen LogP contribution is -2.33. The van der Waals surface area contributed by atoms with Crippen LogP contribution >= 0.6 is 0 Å². The number of aliphatic hydroxyl groups excluding tert-OH is 1. The summed E-state index contributed by atoms with van der Waals surface area (Å²) in [5.74, 6) is 0.434. The highest BCUT2D eigenvalue weighted by Gasteiger charge is 2.36. The molecule has 3 rings (SSSR count). The van der Waals surface area contributed by atoms with E-state index >= 15 is 0 Å². The number of benzene rings is 1. The van der Waals surface area contributed by atoms with Gasteiger partial charge in [0.1, 0.15) is 11.9 Å². The first kappa shape index (κ1) is 11.7. The van der Waals surface area contributed by atoms with Crippen LogP contribution in [0.4, 0.5) is 4.39 Å². The van der Waals surface area contributed by atoms with Crippen molar-refractivity contribution in [3.05, 3.63) is 35.6 Å². The second-order valence-electron chi connectivity index (χ2n) is 5.02. The molecular weight excluding hydrogens is 233 g/mol. The number of nitrogens with zero attached hydrogens (tertiary/aromatic N) is 1. The molecule has 1 aliphatic carbocycles. The van der Waals surface area contributed by atoms with Crippen molar-refractivity contribution in [3.8, 4) is 0 Å². The van der Waals surface area contributed by atoms with E-state index in [2.05, 4.69) is 4.99 Å². The molecule has 1 aromatic rings. The monoisotopic (exact) mass is 249 g/mol. The van der Waals surface area contributed by atoms with Gasteiger partial charge in [0, 0.05) is 6.42 Å². The maximum Gasteiger partial charge on any atom is 0.188 e. The van der Waals surface area contributed by atoms with Gasteiger partial charge in [-0.3, -0.25) is 0 Å². The second kappa shape index (κ2) is 4.69. The van der Waals surface area contributed by atoms with Gasteiger partial charge in [-0.25, -0.2) is 9.38 Å². The molecule has 3 nitrogen and oxygen atoms in total. The molecule has 0 aromatic heterocycles. The molecule has 1 fully saturated rings. The quantitative estimate of drug-likeness (QED) is 0.872. The number of aliphatic imine (C=N–C) groups is 1. The molecule has 18 heavy (non-hydrogen) atoms. The third kappa shape index (κ3) is 2.38. The lowest BCUT2D eigenvalue weighted by atomic mass is 9.91. The minimum atomic E-state index is -0.257. The predicted molar refractivity (Wildman–Crippen MR) is 66.1 cm³/mol. The first-order valence-corrected chi connectivity index (χ1v) is 6.36. The van der Waals surface area contributed by atoms with Gasteiger partial charge in [0.15, 0.2) is 5.90 Å². The molecule has 96 valence electrons. The van der Waals surface area contributed by atoms with Gasteiger partial charge in [-0.15, -0.1) is 0 Å². The number of rotatable bonds is 2. The smallest absolute Gasteiger partial charge is 0.188 e. The van der Waals surface area contributed by atoms with Crippen molar-refractivity contribution < 1.29 is 14.2 Å². The Labute approximate surface area is 105 Å². The third-order valence-corrected chi connectivity index (χ3v) is 3.57. The van der Waals surface area contributed by atoms with Gasteiger partial charge in [0.2, 0.25) is 0 Å². The average Bonchev–Trinajstić information content (AvgIpc) is 2.70. The standard InChI is InChI=1S/C14H16FNO2/c15-10-3-1-2-9(6-10)7-14-16-12-8-11(17)4-5-13(12)18-14/h1-3,6,11-13,17H,4-5,7-8H2. The molecule has 1 saturated carbocycles. The Morgan fingerprint density at radius 2 is 2.28 bits per heavy atom. The van der Waals surface area contributed by atoms with Gasteiger partial charge < -0.3 is 9.84 Å². The average molecular weight is 249 g/mol. The highest BCUT2D eigenvalue weighted by Crippen LogP contribution is 2.29. The van der Waals surface area contributed by atoms with Crippen molar-refractivity contribution in [1.82, 2.24) is 0 Å². The lowest BCUT2D eigenvalue weighted by Gasteiger charge is -2.26. The molecule has 3 atom stereocenters. The summed E-state index contributed by atoms with van der Waals surface area (Å²) >= 11 is 0. The van der Waals surface area contributed by atoms with Crippen LogP contribution in [0, 0.1) is 5.82 Å².